The molecule has 0 bridgehead atoms. The molecular weight excluding hydrogens is 228 g/mol. The number of nitrogens with two attached hydrogens (primary N) is 1. The number of rotatable bonds is 5. The minimum Gasteiger partial charge on any atom is -0.455 e. The van der Waals surface area contributed by atoms with Crippen molar-refractivity contribution < 1.29 is 9.21 Å². The average Bonchev–Trinajstić information content (AvgIpc) is 2.93. The van der Waals surface area contributed by atoms with E-state index in [-0.39, 0.29) is 18.2 Å². The normalized spacial score (nSPS) is 16.6. The van der Waals surface area contributed by atoms with E-state index >= 15 is 0 Å². The molecule has 5 heteroatoms. The fraction of sp³-hybridized carbons (Fsp3) is 0.545. The van der Waals surface area contributed by atoms with E-state index in [2.05, 4.69) is 12.2 Å². The highest BCUT2D eigenvalue weighted by Gasteiger charge is 2.27. The summed E-state index contributed by atoms with van der Waals surface area (Å²) in [6.45, 7) is 2.83. The molecule has 1 amide bonds. The molecule has 0 spiro atoms. The summed E-state index contributed by atoms with van der Waals surface area (Å²) in [4.78, 5) is 10.8. The first-order valence-electron chi connectivity index (χ1n) is 5.28. The first-order chi connectivity index (χ1) is 7.16. The summed E-state index contributed by atoms with van der Waals surface area (Å²) < 4.78 is 5.26. The summed E-state index contributed by atoms with van der Waals surface area (Å²) in [6.07, 6.45) is 2.64. The number of amides is 1. The maximum absolute atomic E-state index is 10.8. The molecule has 1 atom stereocenters. The van der Waals surface area contributed by atoms with E-state index in [9.17, 15) is 4.79 Å². The molecule has 1 aliphatic carbocycles. The lowest BCUT2D eigenvalue weighted by Crippen LogP contribution is -2.27. The van der Waals surface area contributed by atoms with E-state index in [0.29, 0.717) is 12.6 Å². The number of carbonyl (C=O) groups excluding carboxylic acids is 1. The van der Waals surface area contributed by atoms with Crippen molar-refractivity contribution in [3.8, 4) is 0 Å². The molecule has 1 fully saturated rings. The van der Waals surface area contributed by atoms with Crippen molar-refractivity contribution >= 4 is 18.3 Å². The minimum atomic E-state index is -0.517. The summed E-state index contributed by atoms with van der Waals surface area (Å²) in [5, 5.41) is 3.37. The highest BCUT2D eigenvalue weighted by molar-refractivity contribution is 5.89. The van der Waals surface area contributed by atoms with Gasteiger partial charge in [0.2, 0.25) is 0 Å². The van der Waals surface area contributed by atoms with Gasteiger partial charge in [-0.15, -0.1) is 12.4 Å². The second-order valence-electron chi connectivity index (χ2n) is 4.14. The second kappa shape index (κ2) is 5.37. The van der Waals surface area contributed by atoms with E-state index in [0.717, 1.165) is 11.7 Å². The minimum absolute atomic E-state index is 0. The maximum atomic E-state index is 10.8. The summed E-state index contributed by atoms with van der Waals surface area (Å²) in [7, 11) is 0. The van der Waals surface area contributed by atoms with Gasteiger partial charge < -0.3 is 15.5 Å². The van der Waals surface area contributed by atoms with Crippen LogP contribution in [0.1, 0.15) is 36.1 Å². The number of nitrogens with one attached hydrogen (secondary N) is 1. The van der Waals surface area contributed by atoms with Crippen LogP contribution in [0.3, 0.4) is 0 Å². The Kier molecular flexibility index (Phi) is 4.38. The summed E-state index contributed by atoms with van der Waals surface area (Å²) in [5.41, 5.74) is 5.09. The number of hydrogen-bond acceptors (Lipinski definition) is 3. The van der Waals surface area contributed by atoms with Crippen molar-refractivity contribution in [2.75, 3.05) is 0 Å². The molecule has 4 nitrogen and oxygen atoms in total. The van der Waals surface area contributed by atoms with Gasteiger partial charge in [0.05, 0.1) is 6.54 Å². The van der Waals surface area contributed by atoms with Crippen LogP contribution in [0.5, 0.6) is 0 Å². The Labute approximate surface area is 101 Å². The van der Waals surface area contributed by atoms with Gasteiger partial charge >= 0.3 is 0 Å². The number of carbonyl (C=O) groups is 1. The van der Waals surface area contributed by atoms with E-state index in [1.807, 2.05) is 0 Å². The Morgan fingerprint density at radius 2 is 2.31 bits per heavy atom. The first-order valence-corrected chi connectivity index (χ1v) is 5.28. The van der Waals surface area contributed by atoms with Crippen LogP contribution in [0.2, 0.25) is 0 Å². The first kappa shape index (κ1) is 13.1. The summed E-state index contributed by atoms with van der Waals surface area (Å²) in [6, 6.07) is 3.92. The van der Waals surface area contributed by atoms with Gasteiger partial charge in [-0.25, -0.2) is 0 Å². The van der Waals surface area contributed by atoms with Crippen molar-refractivity contribution in [3.05, 3.63) is 23.7 Å². The molecule has 2 rings (SSSR count). The maximum Gasteiger partial charge on any atom is 0.284 e. The van der Waals surface area contributed by atoms with Gasteiger partial charge in [0.25, 0.3) is 5.91 Å². The van der Waals surface area contributed by atoms with Gasteiger partial charge in [-0.05, 0) is 37.8 Å². The highest BCUT2D eigenvalue weighted by atomic mass is 35.5. The van der Waals surface area contributed by atoms with E-state index in [1.165, 1.54) is 12.8 Å². The van der Waals surface area contributed by atoms with Gasteiger partial charge in [-0.1, -0.05) is 0 Å². The average molecular weight is 245 g/mol. The molecule has 1 aromatic rings. The van der Waals surface area contributed by atoms with Crippen molar-refractivity contribution in [1.82, 2.24) is 5.32 Å². The Balaban J connectivity index is 0.00000128. The summed E-state index contributed by atoms with van der Waals surface area (Å²) >= 11 is 0. The SMILES string of the molecule is CC(NCc1ccc(C(N)=O)o1)C1CC1.Cl. The lowest BCUT2D eigenvalue weighted by atomic mass is 10.2. The zero-order chi connectivity index (χ0) is 10.8. The van der Waals surface area contributed by atoms with Gasteiger partial charge in [-0.3, -0.25) is 4.79 Å². The summed E-state index contributed by atoms with van der Waals surface area (Å²) in [5.74, 6) is 1.29. The molecule has 1 saturated carbocycles. The van der Waals surface area contributed by atoms with E-state index < -0.39 is 5.91 Å². The van der Waals surface area contributed by atoms with Gasteiger partial charge in [0.15, 0.2) is 5.76 Å². The van der Waals surface area contributed by atoms with Crippen LogP contribution >= 0.6 is 12.4 Å². The molecular formula is C11H17ClN2O2. The Morgan fingerprint density at radius 1 is 1.62 bits per heavy atom. The zero-order valence-corrected chi connectivity index (χ0v) is 10.0. The molecule has 0 saturated heterocycles. The van der Waals surface area contributed by atoms with Gasteiger partial charge in [0, 0.05) is 6.04 Å². The lowest BCUT2D eigenvalue weighted by Gasteiger charge is -2.10. The molecule has 16 heavy (non-hydrogen) atoms. The second-order valence-corrected chi connectivity index (χ2v) is 4.14. The molecule has 3 N–H and O–H groups in total. The third kappa shape index (κ3) is 3.25. The molecule has 90 valence electrons. The third-order valence-corrected chi connectivity index (χ3v) is 2.83. The van der Waals surface area contributed by atoms with Crippen molar-refractivity contribution in [3.63, 3.8) is 0 Å². The van der Waals surface area contributed by atoms with Crippen molar-refractivity contribution in [1.29, 1.82) is 0 Å². The largest absolute Gasteiger partial charge is 0.455 e. The zero-order valence-electron chi connectivity index (χ0n) is 9.23. The number of hydrogen-bond donors (Lipinski definition) is 2. The molecule has 0 radical (unpaired) electrons. The van der Waals surface area contributed by atoms with Crippen LogP contribution < -0.4 is 11.1 Å². The van der Waals surface area contributed by atoms with Crippen molar-refractivity contribution in [2.24, 2.45) is 11.7 Å². The predicted octanol–water partition coefficient (Wildman–Crippen LogP) is 1.69. The molecule has 0 aliphatic heterocycles. The van der Waals surface area contributed by atoms with Crippen LogP contribution in [0.25, 0.3) is 0 Å². The monoisotopic (exact) mass is 244 g/mol. The highest BCUT2D eigenvalue weighted by Crippen LogP contribution is 2.32. The van der Waals surface area contributed by atoms with Crippen LogP contribution in [0, 0.1) is 5.92 Å². The quantitative estimate of drug-likeness (QED) is 0.828. The van der Waals surface area contributed by atoms with E-state index in [1.54, 1.807) is 12.1 Å². The van der Waals surface area contributed by atoms with Crippen LogP contribution in [-0.2, 0) is 6.54 Å². The molecule has 1 unspecified atom stereocenters. The van der Waals surface area contributed by atoms with Gasteiger partial charge in [0.1, 0.15) is 5.76 Å². The fourth-order valence-corrected chi connectivity index (χ4v) is 1.63. The topological polar surface area (TPSA) is 68.3 Å². The third-order valence-electron chi connectivity index (χ3n) is 2.83. The Morgan fingerprint density at radius 3 is 2.81 bits per heavy atom. The smallest absolute Gasteiger partial charge is 0.284 e. The number of primary amides is 1. The standard InChI is InChI=1S/C11H16N2O2.ClH/c1-7(8-2-3-8)13-6-9-4-5-10(15-9)11(12)14;/h4-5,7-8,13H,2-3,6H2,1H3,(H2,12,14);1H. The van der Waals surface area contributed by atoms with Crippen LogP contribution in [0.15, 0.2) is 16.5 Å². The molecule has 1 aromatic heterocycles. The number of furan rings is 1. The molecule has 1 heterocycles. The molecule has 1 aliphatic rings. The van der Waals surface area contributed by atoms with Crippen LogP contribution in [0.4, 0.5) is 0 Å². The van der Waals surface area contributed by atoms with E-state index in [4.69, 9.17) is 10.2 Å². The fourth-order valence-electron chi connectivity index (χ4n) is 1.63. The predicted molar refractivity (Wildman–Crippen MR) is 63.5 cm³/mol. The number of halogens is 1. The van der Waals surface area contributed by atoms with Crippen LogP contribution in [-0.4, -0.2) is 11.9 Å². The Bertz CT molecular complexity index is 361. The van der Waals surface area contributed by atoms with Gasteiger partial charge in [-0.2, -0.15) is 0 Å². The lowest BCUT2D eigenvalue weighted by molar-refractivity contribution is 0.0972. The molecule has 0 aromatic carbocycles. The Hall–Kier alpha value is -1.00. The van der Waals surface area contributed by atoms with Crippen molar-refractivity contribution in [2.45, 2.75) is 32.4 Å².